The fraction of sp³-hybridized carbons (Fsp3) is 0.400. The molecule has 0 fully saturated rings. The molecule has 0 amide bonds. The van der Waals surface area contributed by atoms with Crippen molar-refractivity contribution < 1.29 is 28.1 Å². The second-order valence-corrected chi connectivity index (χ2v) is 4.33. The Bertz CT molecular complexity index is 414. The van der Waals surface area contributed by atoms with Crippen LogP contribution in [0.3, 0.4) is 0 Å². The Balaban J connectivity index is 2.92. The third-order valence-electron chi connectivity index (χ3n) is 2.13. The number of hydrogen-bond acceptors (Lipinski definition) is 4. The first-order valence-corrected chi connectivity index (χ1v) is 5.65. The molecule has 0 heterocycles. The van der Waals surface area contributed by atoms with E-state index in [0.29, 0.717) is 0 Å². The number of rotatable bonds is 4. The minimum absolute atomic E-state index is 0.172. The van der Waals surface area contributed by atoms with E-state index in [1.165, 1.54) is 6.07 Å². The molecule has 0 aliphatic rings. The van der Waals surface area contributed by atoms with Gasteiger partial charge in [-0.15, -0.1) is 13.2 Å². The van der Waals surface area contributed by atoms with E-state index < -0.39 is 24.3 Å². The Morgan fingerprint density at radius 2 is 1.94 bits per heavy atom. The summed E-state index contributed by atoms with van der Waals surface area (Å²) in [5, 5.41) is 19.0. The summed E-state index contributed by atoms with van der Waals surface area (Å²) >= 11 is 2.99. The first kappa shape index (κ1) is 15.2. The monoisotopic (exact) mass is 329 g/mol. The van der Waals surface area contributed by atoms with Gasteiger partial charge in [-0.3, -0.25) is 0 Å². The maximum atomic E-state index is 12.0. The standard InChI is InChI=1S/C10H11BrF3NO3/c11-7-3-5(18-10(12,13)14)1-2-6(7)9(17)8(16)4-15/h1-3,8-9,16-17H,4,15H2. The normalized spacial score (nSPS) is 15.3. The van der Waals surface area contributed by atoms with E-state index in [1.54, 1.807) is 0 Å². The molecule has 18 heavy (non-hydrogen) atoms. The first-order chi connectivity index (χ1) is 8.24. The van der Waals surface area contributed by atoms with Gasteiger partial charge < -0.3 is 20.7 Å². The number of aliphatic hydroxyl groups excluding tert-OH is 2. The van der Waals surface area contributed by atoms with Crippen molar-refractivity contribution in [1.29, 1.82) is 0 Å². The minimum Gasteiger partial charge on any atom is -0.406 e. The zero-order valence-corrected chi connectivity index (χ0v) is 10.6. The quantitative estimate of drug-likeness (QED) is 0.786. The molecule has 0 spiro atoms. The third kappa shape index (κ3) is 4.13. The van der Waals surface area contributed by atoms with Crippen LogP contribution in [-0.2, 0) is 0 Å². The van der Waals surface area contributed by atoms with Crippen LogP contribution in [0, 0.1) is 0 Å². The van der Waals surface area contributed by atoms with E-state index in [9.17, 15) is 23.4 Å². The van der Waals surface area contributed by atoms with Gasteiger partial charge in [-0.1, -0.05) is 22.0 Å². The van der Waals surface area contributed by atoms with Crippen molar-refractivity contribution in [3.05, 3.63) is 28.2 Å². The highest BCUT2D eigenvalue weighted by Crippen LogP contribution is 2.31. The Morgan fingerprint density at radius 3 is 2.39 bits per heavy atom. The molecule has 102 valence electrons. The van der Waals surface area contributed by atoms with Gasteiger partial charge in [0.15, 0.2) is 0 Å². The number of aliphatic hydroxyl groups is 2. The van der Waals surface area contributed by atoms with Crippen LogP contribution in [0.1, 0.15) is 11.7 Å². The van der Waals surface area contributed by atoms with Gasteiger partial charge in [0.1, 0.15) is 11.9 Å². The summed E-state index contributed by atoms with van der Waals surface area (Å²) < 4.78 is 39.8. The highest BCUT2D eigenvalue weighted by molar-refractivity contribution is 9.10. The number of hydrogen-bond donors (Lipinski definition) is 3. The van der Waals surface area contributed by atoms with Gasteiger partial charge in [-0.25, -0.2) is 0 Å². The maximum absolute atomic E-state index is 12.0. The molecular weight excluding hydrogens is 319 g/mol. The summed E-state index contributed by atoms with van der Waals surface area (Å²) in [5.41, 5.74) is 5.40. The van der Waals surface area contributed by atoms with Gasteiger partial charge >= 0.3 is 6.36 Å². The number of alkyl halides is 3. The summed E-state index contributed by atoms with van der Waals surface area (Å²) in [4.78, 5) is 0. The Hall–Kier alpha value is -0.830. The summed E-state index contributed by atoms with van der Waals surface area (Å²) in [6, 6.07) is 3.31. The van der Waals surface area contributed by atoms with Crippen LogP contribution < -0.4 is 10.5 Å². The van der Waals surface area contributed by atoms with Gasteiger partial charge in [-0.05, 0) is 17.7 Å². The predicted molar refractivity (Wildman–Crippen MR) is 60.8 cm³/mol. The van der Waals surface area contributed by atoms with Gasteiger partial charge in [0.05, 0.1) is 6.10 Å². The number of ether oxygens (including phenoxy) is 1. The topological polar surface area (TPSA) is 75.7 Å². The van der Waals surface area contributed by atoms with Crippen LogP contribution in [0.4, 0.5) is 13.2 Å². The summed E-state index contributed by atoms with van der Waals surface area (Å²) in [6.45, 7) is -0.172. The van der Waals surface area contributed by atoms with Gasteiger partial charge in [0, 0.05) is 11.0 Å². The molecule has 0 saturated carbocycles. The molecule has 0 aromatic heterocycles. The van der Waals surface area contributed by atoms with Crippen molar-refractivity contribution in [2.45, 2.75) is 18.6 Å². The van der Waals surface area contributed by atoms with Crippen LogP contribution in [0.25, 0.3) is 0 Å². The van der Waals surface area contributed by atoms with Crippen molar-refractivity contribution in [3.63, 3.8) is 0 Å². The first-order valence-electron chi connectivity index (χ1n) is 4.86. The van der Waals surface area contributed by atoms with Crippen LogP contribution in [0.15, 0.2) is 22.7 Å². The van der Waals surface area contributed by atoms with E-state index in [0.717, 1.165) is 12.1 Å². The Morgan fingerprint density at radius 1 is 1.33 bits per heavy atom. The van der Waals surface area contributed by atoms with Crippen LogP contribution in [0.2, 0.25) is 0 Å². The molecule has 8 heteroatoms. The molecule has 0 saturated heterocycles. The molecule has 0 aliphatic heterocycles. The zero-order valence-electron chi connectivity index (χ0n) is 8.99. The average molecular weight is 330 g/mol. The molecule has 0 radical (unpaired) electrons. The lowest BCUT2D eigenvalue weighted by Crippen LogP contribution is -2.27. The molecule has 0 aliphatic carbocycles. The molecule has 0 bridgehead atoms. The number of halogens is 4. The minimum atomic E-state index is -4.78. The molecule has 1 rings (SSSR count). The summed E-state index contributed by atoms with van der Waals surface area (Å²) in [7, 11) is 0. The summed E-state index contributed by atoms with van der Waals surface area (Å²) in [6.07, 6.45) is -7.27. The molecule has 2 atom stereocenters. The fourth-order valence-corrected chi connectivity index (χ4v) is 1.87. The average Bonchev–Trinajstić information content (AvgIpc) is 2.25. The molecule has 4 nitrogen and oxygen atoms in total. The highest BCUT2D eigenvalue weighted by atomic mass is 79.9. The SMILES string of the molecule is NCC(O)C(O)c1ccc(OC(F)(F)F)cc1Br. The molecule has 4 N–H and O–H groups in total. The van der Waals surface area contributed by atoms with Crippen molar-refractivity contribution in [3.8, 4) is 5.75 Å². The zero-order chi connectivity index (χ0) is 13.9. The van der Waals surface area contributed by atoms with Crippen molar-refractivity contribution in [1.82, 2.24) is 0 Å². The maximum Gasteiger partial charge on any atom is 0.573 e. The molecule has 1 aromatic carbocycles. The second-order valence-electron chi connectivity index (χ2n) is 3.48. The number of benzene rings is 1. The van der Waals surface area contributed by atoms with Crippen LogP contribution in [-0.4, -0.2) is 29.2 Å². The lowest BCUT2D eigenvalue weighted by molar-refractivity contribution is -0.274. The molecular formula is C10H11BrF3NO3. The highest BCUT2D eigenvalue weighted by Gasteiger charge is 2.31. The van der Waals surface area contributed by atoms with Crippen molar-refractivity contribution in [2.75, 3.05) is 6.54 Å². The molecule has 1 aromatic rings. The second kappa shape index (κ2) is 5.87. The summed E-state index contributed by atoms with van der Waals surface area (Å²) in [5.74, 6) is -0.424. The van der Waals surface area contributed by atoms with E-state index >= 15 is 0 Å². The Labute approximate surface area is 109 Å². The van der Waals surface area contributed by atoms with Crippen LogP contribution >= 0.6 is 15.9 Å². The Kier molecular flexibility index (Phi) is 4.97. The van der Waals surface area contributed by atoms with Crippen molar-refractivity contribution in [2.24, 2.45) is 5.73 Å². The van der Waals surface area contributed by atoms with Crippen LogP contribution in [0.5, 0.6) is 5.75 Å². The van der Waals surface area contributed by atoms with Crippen molar-refractivity contribution >= 4 is 15.9 Å². The van der Waals surface area contributed by atoms with E-state index in [2.05, 4.69) is 20.7 Å². The van der Waals surface area contributed by atoms with E-state index in [1.807, 2.05) is 0 Å². The fourth-order valence-electron chi connectivity index (χ4n) is 1.28. The molecule has 2 unspecified atom stereocenters. The smallest absolute Gasteiger partial charge is 0.406 e. The van der Waals surface area contributed by atoms with E-state index in [4.69, 9.17) is 5.73 Å². The van der Waals surface area contributed by atoms with Gasteiger partial charge in [0.25, 0.3) is 0 Å². The van der Waals surface area contributed by atoms with E-state index in [-0.39, 0.29) is 16.6 Å². The lowest BCUT2D eigenvalue weighted by Gasteiger charge is -2.18. The lowest BCUT2D eigenvalue weighted by atomic mass is 10.0. The van der Waals surface area contributed by atoms with Gasteiger partial charge in [0.2, 0.25) is 0 Å². The number of nitrogens with two attached hydrogens (primary N) is 1. The van der Waals surface area contributed by atoms with Gasteiger partial charge in [-0.2, -0.15) is 0 Å². The largest absolute Gasteiger partial charge is 0.573 e. The third-order valence-corrected chi connectivity index (χ3v) is 2.82. The predicted octanol–water partition coefficient (Wildman–Crippen LogP) is 1.70.